The fourth-order valence-electron chi connectivity index (χ4n) is 2.61. The second kappa shape index (κ2) is 6.80. The highest BCUT2D eigenvalue weighted by atomic mass is 32.2. The van der Waals surface area contributed by atoms with Crippen molar-refractivity contribution >= 4 is 22.8 Å². The highest BCUT2D eigenvalue weighted by molar-refractivity contribution is 7.99. The van der Waals surface area contributed by atoms with Gasteiger partial charge in [-0.2, -0.15) is 5.10 Å². The fourth-order valence-corrected chi connectivity index (χ4v) is 3.68. The van der Waals surface area contributed by atoms with E-state index in [1.807, 2.05) is 6.92 Å². The SMILES string of the molecule is CCn1c(SCCN2CCOCC2)nc2cnn(C)c2c1=O. The summed E-state index contributed by atoms with van der Waals surface area (Å²) in [6.07, 6.45) is 1.66. The molecule has 1 fully saturated rings. The summed E-state index contributed by atoms with van der Waals surface area (Å²) in [5.41, 5.74) is 1.23. The Hall–Kier alpha value is -1.38. The van der Waals surface area contributed by atoms with Gasteiger partial charge in [-0.25, -0.2) is 4.98 Å². The first-order valence-corrected chi connectivity index (χ1v) is 8.54. The molecule has 8 heteroatoms. The molecular weight excluding hydrogens is 302 g/mol. The molecule has 0 N–H and O–H groups in total. The van der Waals surface area contributed by atoms with Crippen molar-refractivity contribution in [2.24, 2.45) is 7.05 Å². The van der Waals surface area contributed by atoms with Crippen LogP contribution in [0.4, 0.5) is 0 Å². The maximum Gasteiger partial charge on any atom is 0.280 e. The molecule has 22 heavy (non-hydrogen) atoms. The molecule has 2 aromatic heterocycles. The number of morpholine rings is 1. The summed E-state index contributed by atoms with van der Waals surface area (Å²) in [6.45, 7) is 7.16. The molecule has 0 spiro atoms. The van der Waals surface area contributed by atoms with E-state index in [1.165, 1.54) is 0 Å². The van der Waals surface area contributed by atoms with Gasteiger partial charge in [0.1, 0.15) is 5.52 Å². The number of rotatable bonds is 5. The molecule has 0 saturated carbocycles. The number of aryl methyl sites for hydroxylation is 1. The predicted molar refractivity (Wildman–Crippen MR) is 86.4 cm³/mol. The van der Waals surface area contributed by atoms with Gasteiger partial charge < -0.3 is 4.74 Å². The Balaban J connectivity index is 1.76. The molecule has 3 rings (SSSR count). The zero-order chi connectivity index (χ0) is 15.5. The number of nitrogens with zero attached hydrogens (tertiary/aromatic N) is 5. The van der Waals surface area contributed by atoms with E-state index in [4.69, 9.17) is 4.74 Å². The third kappa shape index (κ3) is 3.04. The van der Waals surface area contributed by atoms with Gasteiger partial charge in [0.15, 0.2) is 10.7 Å². The molecule has 0 radical (unpaired) electrons. The Labute approximate surface area is 133 Å². The largest absolute Gasteiger partial charge is 0.379 e. The summed E-state index contributed by atoms with van der Waals surface area (Å²) >= 11 is 1.64. The molecule has 0 aromatic carbocycles. The number of fused-ring (bicyclic) bond motifs is 1. The van der Waals surface area contributed by atoms with Gasteiger partial charge in [0.25, 0.3) is 5.56 Å². The lowest BCUT2D eigenvalue weighted by Gasteiger charge is -2.26. The monoisotopic (exact) mass is 323 g/mol. The van der Waals surface area contributed by atoms with Gasteiger partial charge in [-0.3, -0.25) is 18.9 Å². The summed E-state index contributed by atoms with van der Waals surface area (Å²) in [6, 6.07) is 0. The molecular formula is C14H21N5O2S. The molecule has 1 saturated heterocycles. The molecule has 1 aliphatic heterocycles. The second-order valence-electron chi connectivity index (χ2n) is 5.25. The fraction of sp³-hybridized carbons (Fsp3) is 0.643. The van der Waals surface area contributed by atoms with Crippen LogP contribution >= 0.6 is 11.8 Å². The molecule has 3 heterocycles. The molecule has 0 atom stereocenters. The summed E-state index contributed by atoms with van der Waals surface area (Å²) in [5.74, 6) is 0.915. The van der Waals surface area contributed by atoms with Crippen LogP contribution in [-0.4, -0.2) is 62.8 Å². The summed E-state index contributed by atoms with van der Waals surface area (Å²) in [7, 11) is 1.77. The maximum atomic E-state index is 12.5. The third-order valence-corrected chi connectivity index (χ3v) is 4.83. The highest BCUT2D eigenvalue weighted by Crippen LogP contribution is 2.17. The highest BCUT2D eigenvalue weighted by Gasteiger charge is 2.15. The normalized spacial score (nSPS) is 16.5. The van der Waals surface area contributed by atoms with Gasteiger partial charge in [-0.15, -0.1) is 0 Å². The van der Waals surface area contributed by atoms with Gasteiger partial charge in [-0.05, 0) is 6.92 Å². The molecule has 0 bridgehead atoms. The minimum atomic E-state index is -0.0126. The Morgan fingerprint density at radius 2 is 2.14 bits per heavy atom. The third-order valence-electron chi connectivity index (χ3n) is 3.87. The van der Waals surface area contributed by atoms with Crippen molar-refractivity contribution in [1.82, 2.24) is 24.2 Å². The summed E-state index contributed by atoms with van der Waals surface area (Å²) in [5, 5.41) is 4.92. The van der Waals surface area contributed by atoms with Gasteiger partial charge in [0, 0.05) is 39.0 Å². The first kappa shape index (κ1) is 15.5. The summed E-state index contributed by atoms with van der Waals surface area (Å²) < 4.78 is 8.68. The first-order valence-electron chi connectivity index (χ1n) is 7.56. The van der Waals surface area contributed by atoms with Crippen molar-refractivity contribution in [2.45, 2.75) is 18.6 Å². The van der Waals surface area contributed by atoms with Crippen LogP contribution in [0.1, 0.15) is 6.92 Å². The number of aromatic nitrogens is 4. The van der Waals surface area contributed by atoms with Crippen LogP contribution in [0.2, 0.25) is 0 Å². The lowest BCUT2D eigenvalue weighted by Crippen LogP contribution is -2.37. The Morgan fingerprint density at radius 1 is 1.36 bits per heavy atom. The van der Waals surface area contributed by atoms with E-state index in [-0.39, 0.29) is 5.56 Å². The zero-order valence-corrected chi connectivity index (χ0v) is 13.8. The minimum Gasteiger partial charge on any atom is -0.379 e. The zero-order valence-electron chi connectivity index (χ0n) is 13.0. The maximum absolute atomic E-state index is 12.5. The molecule has 0 amide bonds. The average Bonchev–Trinajstić information content (AvgIpc) is 2.90. The smallest absolute Gasteiger partial charge is 0.280 e. The van der Waals surface area contributed by atoms with Crippen LogP contribution in [0.5, 0.6) is 0 Å². The van der Waals surface area contributed by atoms with Crippen molar-refractivity contribution in [1.29, 1.82) is 0 Å². The van der Waals surface area contributed by atoms with E-state index >= 15 is 0 Å². The van der Waals surface area contributed by atoms with Gasteiger partial charge in [0.2, 0.25) is 0 Å². The molecule has 1 aliphatic rings. The van der Waals surface area contributed by atoms with E-state index in [1.54, 1.807) is 34.3 Å². The van der Waals surface area contributed by atoms with E-state index in [0.717, 1.165) is 43.8 Å². The second-order valence-corrected chi connectivity index (χ2v) is 6.31. The van der Waals surface area contributed by atoms with Crippen LogP contribution in [0.3, 0.4) is 0 Å². The van der Waals surface area contributed by atoms with E-state index < -0.39 is 0 Å². The lowest BCUT2D eigenvalue weighted by atomic mass is 10.4. The van der Waals surface area contributed by atoms with Crippen LogP contribution < -0.4 is 5.56 Å². The van der Waals surface area contributed by atoms with E-state index in [2.05, 4.69) is 15.0 Å². The Bertz CT molecular complexity index is 705. The van der Waals surface area contributed by atoms with Crippen LogP contribution in [0.15, 0.2) is 16.1 Å². The Kier molecular flexibility index (Phi) is 4.80. The molecule has 0 aliphatic carbocycles. The first-order chi connectivity index (χ1) is 10.7. The lowest BCUT2D eigenvalue weighted by molar-refractivity contribution is 0.0410. The van der Waals surface area contributed by atoms with Crippen LogP contribution in [0.25, 0.3) is 11.0 Å². The van der Waals surface area contributed by atoms with Crippen LogP contribution in [-0.2, 0) is 18.3 Å². The minimum absolute atomic E-state index is 0.0126. The molecule has 7 nitrogen and oxygen atoms in total. The number of hydrogen-bond donors (Lipinski definition) is 0. The molecule has 120 valence electrons. The van der Waals surface area contributed by atoms with E-state index in [9.17, 15) is 4.79 Å². The number of thioether (sulfide) groups is 1. The van der Waals surface area contributed by atoms with Gasteiger partial charge in [0.05, 0.1) is 19.4 Å². The number of ether oxygens (including phenoxy) is 1. The van der Waals surface area contributed by atoms with Crippen molar-refractivity contribution in [3.05, 3.63) is 16.6 Å². The molecule has 0 unspecified atom stereocenters. The Morgan fingerprint density at radius 3 is 2.86 bits per heavy atom. The topological polar surface area (TPSA) is 65.2 Å². The molecule has 2 aromatic rings. The van der Waals surface area contributed by atoms with E-state index in [0.29, 0.717) is 17.6 Å². The summed E-state index contributed by atoms with van der Waals surface area (Å²) in [4.78, 5) is 19.5. The van der Waals surface area contributed by atoms with Gasteiger partial charge in [-0.1, -0.05) is 11.8 Å². The van der Waals surface area contributed by atoms with Crippen molar-refractivity contribution < 1.29 is 4.74 Å². The van der Waals surface area contributed by atoms with Crippen LogP contribution in [0, 0.1) is 0 Å². The number of hydrogen-bond acceptors (Lipinski definition) is 6. The van der Waals surface area contributed by atoms with Crippen molar-refractivity contribution in [2.75, 3.05) is 38.6 Å². The van der Waals surface area contributed by atoms with Gasteiger partial charge >= 0.3 is 0 Å². The standard InChI is InChI=1S/C14H21N5O2S/c1-3-19-13(20)12-11(10-15-17(12)2)16-14(19)22-9-6-18-4-7-21-8-5-18/h10H,3-9H2,1-2H3. The van der Waals surface area contributed by atoms with Crippen molar-refractivity contribution in [3.63, 3.8) is 0 Å². The predicted octanol–water partition coefficient (Wildman–Crippen LogP) is 0.574. The quantitative estimate of drug-likeness (QED) is 0.592. The van der Waals surface area contributed by atoms with Crippen molar-refractivity contribution in [3.8, 4) is 0 Å². The average molecular weight is 323 g/mol.